The van der Waals surface area contributed by atoms with Gasteiger partial charge >= 0.3 is 0 Å². The Bertz CT molecular complexity index is 1250. The second-order valence-electron chi connectivity index (χ2n) is 8.70. The Morgan fingerprint density at radius 3 is 2.41 bits per heavy atom. The third kappa shape index (κ3) is 5.21. The highest BCUT2D eigenvalue weighted by molar-refractivity contribution is 6.30. The summed E-state index contributed by atoms with van der Waals surface area (Å²) >= 11 is 11.9. The lowest BCUT2D eigenvalue weighted by Gasteiger charge is -2.17. The molecule has 2 unspecified atom stereocenters. The first kappa shape index (κ1) is 24.1. The molecule has 0 saturated heterocycles. The van der Waals surface area contributed by atoms with Gasteiger partial charge in [0.2, 0.25) is 5.91 Å². The van der Waals surface area contributed by atoms with Crippen molar-refractivity contribution in [2.24, 2.45) is 5.92 Å². The van der Waals surface area contributed by atoms with Crippen LogP contribution in [-0.2, 0) is 20.9 Å². The number of ketones is 2. The summed E-state index contributed by atoms with van der Waals surface area (Å²) in [5.41, 5.74) is 4.96. The van der Waals surface area contributed by atoms with Gasteiger partial charge in [-0.25, -0.2) is 0 Å². The van der Waals surface area contributed by atoms with E-state index in [4.69, 9.17) is 23.2 Å². The summed E-state index contributed by atoms with van der Waals surface area (Å²) in [7, 11) is 0. The van der Waals surface area contributed by atoms with Crippen molar-refractivity contribution in [3.05, 3.63) is 87.0 Å². The molecule has 0 aliphatic heterocycles. The molecule has 174 valence electrons. The van der Waals surface area contributed by atoms with E-state index in [0.29, 0.717) is 16.6 Å². The van der Waals surface area contributed by atoms with Crippen molar-refractivity contribution >= 4 is 40.7 Å². The van der Waals surface area contributed by atoms with E-state index in [1.165, 1.54) is 0 Å². The van der Waals surface area contributed by atoms with Gasteiger partial charge < -0.3 is 5.32 Å². The molecule has 1 heterocycles. The number of pyridine rings is 1. The van der Waals surface area contributed by atoms with Gasteiger partial charge in [-0.2, -0.15) is 0 Å². The fourth-order valence-corrected chi connectivity index (χ4v) is 4.92. The molecule has 1 N–H and O–H groups in total. The number of halogens is 2. The average Bonchev–Trinajstić information content (AvgIpc) is 3.05. The zero-order valence-corrected chi connectivity index (χ0v) is 20.4. The first-order chi connectivity index (χ1) is 16.2. The molecule has 1 aliphatic carbocycles. The lowest BCUT2D eigenvalue weighted by molar-refractivity contribution is -0.128. The van der Waals surface area contributed by atoms with Crippen LogP contribution in [0.15, 0.2) is 54.7 Å². The minimum atomic E-state index is -0.835. The molecule has 34 heavy (non-hydrogen) atoms. The molecule has 1 fully saturated rings. The van der Waals surface area contributed by atoms with E-state index in [-0.39, 0.29) is 30.3 Å². The number of aromatic nitrogens is 1. The lowest BCUT2D eigenvalue weighted by atomic mass is 9.85. The zero-order valence-electron chi connectivity index (χ0n) is 18.9. The first-order valence-corrected chi connectivity index (χ1v) is 11.8. The molecular formula is C27H24Cl2N2O3. The van der Waals surface area contributed by atoms with Crippen molar-refractivity contribution in [1.82, 2.24) is 10.3 Å². The van der Waals surface area contributed by atoms with E-state index in [2.05, 4.69) is 10.3 Å². The molecular weight excluding hydrogens is 471 g/mol. The van der Waals surface area contributed by atoms with E-state index in [1.807, 2.05) is 44.2 Å². The fraction of sp³-hybridized carbons (Fsp3) is 0.259. The van der Waals surface area contributed by atoms with Crippen LogP contribution in [0, 0.1) is 19.8 Å². The summed E-state index contributed by atoms with van der Waals surface area (Å²) in [5.74, 6) is -2.04. The van der Waals surface area contributed by atoms with Crippen molar-refractivity contribution in [2.75, 3.05) is 0 Å². The number of aryl methyl sites for hydroxylation is 2. The Morgan fingerprint density at radius 2 is 1.76 bits per heavy atom. The highest BCUT2D eigenvalue weighted by Gasteiger charge is 2.43. The van der Waals surface area contributed by atoms with Crippen molar-refractivity contribution in [3.8, 4) is 11.3 Å². The van der Waals surface area contributed by atoms with Gasteiger partial charge in [0.1, 0.15) is 11.7 Å². The van der Waals surface area contributed by atoms with Crippen molar-refractivity contribution in [3.63, 3.8) is 0 Å². The maximum atomic E-state index is 13.2. The Morgan fingerprint density at radius 1 is 1.03 bits per heavy atom. The van der Waals surface area contributed by atoms with Gasteiger partial charge in [0.05, 0.1) is 10.7 Å². The number of rotatable bonds is 6. The SMILES string of the molecule is Cc1cc(-c2ccc(Cl)cn2)cc(C)c1C1C(=O)CC(CC(=O)NCc2cccc(Cl)c2)C1=O. The summed E-state index contributed by atoms with van der Waals surface area (Å²) in [4.78, 5) is 43.0. The molecule has 0 spiro atoms. The molecule has 2 atom stereocenters. The molecule has 3 aromatic rings. The standard InChI is InChI=1S/C27H24Cl2N2O3/c1-15-8-18(22-7-6-21(29)14-30-22)9-16(2)25(15)26-23(32)11-19(27(26)34)12-24(33)31-13-17-4-3-5-20(28)10-17/h3-10,14,19,26H,11-13H2,1-2H3,(H,31,33). The number of amides is 1. The Hall–Kier alpha value is -3.02. The summed E-state index contributed by atoms with van der Waals surface area (Å²) in [6.45, 7) is 4.11. The van der Waals surface area contributed by atoms with Gasteiger partial charge in [-0.15, -0.1) is 0 Å². The van der Waals surface area contributed by atoms with Crippen LogP contribution in [-0.4, -0.2) is 22.5 Å². The number of hydrogen-bond acceptors (Lipinski definition) is 4. The van der Waals surface area contributed by atoms with Crippen molar-refractivity contribution < 1.29 is 14.4 Å². The Balaban J connectivity index is 1.48. The number of benzene rings is 2. The number of hydrogen-bond donors (Lipinski definition) is 1. The predicted molar refractivity (Wildman–Crippen MR) is 133 cm³/mol. The van der Waals surface area contributed by atoms with Crippen LogP contribution >= 0.6 is 23.2 Å². The molecule has 0 bridgehead atoms. The van der Waals surface area contributed by atoms with Crippen LogP contribution in [0.5, 0.6) is 0 Å². The van der Waals surface area contributed by atoms with Crippen LogP contribution in [0.4, 0.5) is 0 Å². The second-order valence-corrected chi connectivity index (χ2v) is 9.57. The maximum absolute atomic E-state index is 13.2. The molecule has 5 nitrogen and oxygen atoms in total. The van der Waals surface area contributed by atoms with Crippen LogP contribution < -0.4 is 5.32 Å². The number of nitrogens with zero attached hydrogens (tertiary/aromatic N) is 1. The highest BCUT2D eigenvalue weighted by atomic mass is 35.5. The highest BCUT2D eigenvalue weighted by Crippen LogP contribution is 2.38. The number of Topliss-reactive ketones (excluding diaryl/α,β-unsaturated/α-hetero) is 2. The predicted octanol–water partition coefficient (Wildman–Crippen LogP) is 5.62. The first-order valence-electron chi connectivity index (χ1n) is 11.0. The van der Waals surface area contributed by atoms with Gasteiger partial charge in [0, 0.05) is 42.1 Å². The van der Waals surface area contributed by atoms with Crippen LogP contribution in [0.2, 0.25) is 10.0 Å². The van der Waals surface area contributed by atoms with Gasteiger partial charge in [-0.05, 0) is 72.5 Å². The van der Waals surface area contributed by atoms with E-state index in [9.17, 15) is 14.4 Å². The van der Waals surface area contributed by atoms with Gasteiger partial charge in [-0.1, -0.05) is 35.3 Å². The largest absolute Gasteiger partial charge is 0.352 e. The Kier molecular flexibility index (Phi) is 7.15. The summed E-state index contributed by atoms with van der Waals surface area (Å²) in [6.07, 6.45) is 1.65. The van der Waals surface area contributed by atoms with E-state index in [0.717, 1.165) is 33.5 Å². The van der Waals surface area contributed by atoms with Gasteiger partial charge in [0.15, 0.2) is 5.78 Å². The Labute approximate surface area is 208 Å². The molecule has 1 saturated carbocycles. The third-order valence-corrected chi connectivity index (χ3v) is 6.63. The monoisotopic (exact) mass is 494 g/mol. The van der Waals surface area contributed by atoms with Crippen molar-refractivity contribution in [2.45, 2.75) is 39.2 Å². The number of carbonyl (C=O) groups is 3. The second kappa shape index (κ2) is 10.1. The number of nitrogens with one attached hydrogen (secondary N) is 1. The van der Waals surface area contributed by atoms with Gasteiger partial charge in [0.25, 0.3) is 0 Å². The van der Waals surface area contributed by atoms with Crippen LogP contribution in [0.25, 0.3) is 11.3 Å². The molecule has 1 amide bonds. The smallest absolute Gasteiger partial charge is 0.221 e. The normalized spacial score (nSPS) is 17.8. The summed E-state index contributed by atoms with van der Waals surface area (Å²) in [5, 5.41) is 3.96. The van der Waals surface area contributed by atoms with Crippen molar-refractivity contribution in [1.29, 1.82) is 0 Å². The summed E-state index contributed by atoms with van der Waals surface area (Å²) < 4.78 is 0. The third-order valence-electron chi connectivity index (χ3n) is 6.17. The topological polar surface area (TPSA) is 76.1 Å². The molecule has 1 aromatic heterocycles. The van der Waals surface area contributed by atoms with E-state index >= 15 is 0 Å². The molecule has 0 radical (unpaired) electrons. The molecule has 4 rings (SSSR count). The minimum Gasteiger partial charge on any atom is -0.352 e. The summed E-state index contributed by atoms with van der Waals surface area (Å²) in [6, 6.07) is 14.7. The average molecular weight is 495 g/mol. The molecule has 7 heteroatoms. The molecule has 2 aromatic carbocycles. The zero-order chi connectivity index (χ0) is 24.4. The van der Waals surface area contributed by atoms with E-state index < -0.39 is 11.8 Å². The van der Waals surface area contributed by atoms with Crippen LogP contribution in [0.3, 0.4) is 0 Å². The number of carbonyl (C=O) groups excluding carboxylic acids is 3. The lowest BCUT2D eigenvalue weighted by Crippen LogP contribution is -2.27. The molecule has 1 aliphatic rings. The van der Waals surface area contributed by atoms with Crippen LogP contribution in [0.1, 0.15) is 41.0 Å². The van der Waals surface area contributed by atoms with E-state index in [1.54, 1.807) is 24.4 Å². The quantitative estimate of drug-likeness (QED) is 0.451. The fourth-order valence-electron chi connectivity index (χ4n) is 4.60. The maximum Gasteiger partial charge on any atom is 0.221 e. The van der Waals surface area contributed by atoms with Gasteiger partial charge in [-0.3, -0.25) is 19.4 Å². The minimum absolute atomic E-state index is 0.00743.